The molecule has 0 radical (unpaired) electrons. The van der Waals surface area contributed by atoms with Crippen molar-refractivity contribution in [3.63, 3.8) is 0 Å². The summed E-state index contributed by atoms with van der Waals surface area (Å²) in [5, 5.41) is 3.90. The van der Waals surface area contributed by atoms with Gasteiger partial charge in [0.05, 0.1) is 22.9 Å². The molecule has 13 heteroatoms. The lowest BCUT2D eigenvalue weighted by Gasteiger charge is -2.33. The summed E-state index contributed by atoms with van der Waals surface area (Å²) < 4.78 is 80.9. The molecule has 0 spiro atoms. The first-order valence-electron chi connectivity index (χ1n) is 12.1. The van der Waals surface area contributed by atoms with Gasteiger partial charge in [-0.3, -0.25) is 9.78 Å². The van der Waals surface area contributed by atoms with Crippen molar-refractivity contribution in [3.8, 4) is 0 Å². The average molecular weight is 556 g/mol. The molecule has 206 valence electrons. The van der Waals surface area contributed by atoms with Gasteiger partial charge in [0.2, 0.25) is 11.9 Å². The number of nitrogens with zero attached hydrogens (tertiary/aromatic N) is 5. The van der Waals surface area contributed by atoms with Crippen molar-refractivity contribution in [2.45, 2.75) is 57.7 Å². The second-order valence-corrected chi connectivity index (χ2v) is 13.0. The summed E-state index contributed by atoms with van der Waals surface area (Å²) in [6.07, 6.45) is -1.61. The molecule has 1 amide bonds. The van der Waals surface area contributed by atoms with E-state index in [2.05, 4.69) is 15.1 Å². The summed E-state index contributed by atoms with van der Waals surface area (Å²) in [6, 6.07) is 1.68. The Labute approximate surface area is 218 Å². The van der Waals surface area contributed by atoms with Gasteiger partial charge >= 0.3 is 6.18 Å². The Morgan fingerprint density at radius 3 is 2.34 bits per heavy atom. The van der Waals surface area contributed by atoms with Crippen LogP contribution >= 0.6 is 0 Å². The quantitative estimate of drug-likeness (QED) is 0.441. The van der Waals surface area contributed by atoms with Crippen LogP contribution in [0.2, 0.25) is 0 Å². The third-order valence-corrected chi connectivity index (χ3v) is 8.43. The standard InChI is InChI=1S/C25H29F4N5O3S/c1-24(2,3)21-17(14-31-20-12-19(26)32-34(20)21)11-15-5-6-18(30-13-15)22(25(27,28)29)33(4)23(35)16-7-9-38(36,37)10-8-16/h5-6,12-14,16,22H,7-11H2,1-4H3/t22-/m0/s1. The summed E-state index contributed by atoms with van der Waals surface area (Å²) >= 11 is 0. The topological polar surface area (TPSA) is 97.5 Å². The van der Waals surface area contributed by atoms with Crippen LogP contribution in [0, 0.1) is 11.9 Å². The Balaban J connectivity index is 1.60. The maximum atomic E-state index is 14.1. The number of hydrogen-bond acceptors (Lipinski definition) is 6. The van der Waals surface area contributed by atoms with Gasteiger partial charge in [-0.05, 0) is 30.0 Å². The minimum absolute atomic E-state index is 0.00289. The number of aromatic nitrogens is 4. The third kappa shape index (κ3) is 5.82. The Morgan fingerprint density at radius 1 is 1.13 bits per heavy atom. The largest absolute Gasteiger partial charge is 0.414 e. The van der Waals surface area contributed by atoms with Gasteiger partial charge in [-0.15, -0.1) is 5.10 Å². The number of carbonyl (C=O) groups excluding carboxylic acids is 1. The van der Waals surface area contributed by atoms with E-state index in [1.54, 1.807) is 6.20 Å². The predicted octanol–water partition coefficient (Wildman–Crippen LogP) is 4.04. The van der Waals surface area contributed by atoms with Crippen LogP contribution in [0.3, 0.4) is 0 Å². The summed E-state index contributed by atoms with van der Waals surface area (Å²) in [4.78, 5) is 21.8. The van der Waals surface area contributed by atoms with Crippen LogP contribution in [0.25, 0.3) is 5.65 Å². The van der Waals surface area contributed by atoms with E-state index < -0.39 is 45.2 Å². The molecular formula is C25H29F4N5O3S. The number of fused-ring (bicyclic) bond motifs is 1. The van der Waals surface area contributed by atoms with E-state index in [4.69, 9.17) is 0 Å². The zero-order valence-electron chi connectivity index (χ0n) is 21.5. The van der Waals surface area contributed by atoms with Crippen molar-refractivity contribution in [2.75, 3.05) is 18.6 Å². The molecule has 0 unspecified atom stereocenters. The number of rotatable bonds is 5. The summed E-state index contributed by atoms with van der Waals surface area (Å²) in [6.45, 7) is 5.82. The van der Waals surface area contributed by atoms with Gasteiger partial charge in [0.15, 0.2) is 11.7 Å². The van der Waals surface area contributed by atoms with Crippen LogP contribution in [0.15, 0.2) is 30.6 Å². The maximum absolute atomic E-state index is 14.1. The monoisotopic (exact) mass is 555 g/mol. The van der Waals surface area contributed by atoms with Crippen LogP contribution in [0.4, 0.5) is 17.6 Å². The molecule has 8 nitrogen and oxygen atoms in total. The van der Waals surface area contributed by atoms with Gasteiger partial charge in [0.1, 0.15) is 9.84 Å². The molecule has 3 aromatic heterocycles. The molecule has 1 fully saturated rings. The van der Waals surface area contributed by atoms with Crippen molar-refractivity contribution in [2.24, 2.45) is 5.92 Å². The van der Waals surface area contributed by atoms with E-state index in [9.17, 15) is 30.8 Å². The van der Waals surface area contributed by atoms with Crippen LogP contribution in [-0.2, 0) is 26.5 Å². The van der Waals surface area contributed by atoms with Crippen LogP contribution in [-0.4, -0.2) is 63.5 Å². The lowest BCUT2D eigenvalue weighted by Crippen LogP contribution is -2.44. The third-order valence-electron chi connectivity index (χ3n) is 6.71. The highest BCUT2D eigenvalue weighted by Gasteiger charge is 2.47. The van der Waals surface area contributed by atoms with E-state index >= 15 is 0 Å². The first kappa shape index (κ1) is 27.9. The average Bonchev–Trinajstić information content (AvgIpc) is 3.18. The Kier molecular flexibility index (Phi) is 7.28. The maximum Gasteiger partial charge on any atom is 0.414 e. The molecule has 0 N–H and O–H groups in total. The van der Waals surface area contributed by atoms with E-state index in [1.165, 1.54) is 28.9 Å². The van der Waals surface area contributed by atoms with Crippen molar-refractivity contribution < 1.29 is 30.8 Å². The van der Waals surface area contributed by atoms with Gasteiger partial charge in [0, 0.05) is 43.3 Å². The van der Waals surface area contributed by atoms with Crippen molar-refractivity contribution in [3.05, 3.63) is 59.1 Å². The number of sulfone groups is 1. The van der Waals surface area contributed by atoms with Crippen LogP contribution < -0.4 is 0 Å². The fourth-order valence-electron chi connectivity index (χ4n) is 4.93. The summed E-state index contributed by atoms with van der Waals surface area (Å²) in [5.74, 6) is -2.66. The highest BCUT2D eigenvalue weighted by molar-refractivity contribution is 7.91. The number of pyridine rings is 1. The highest BCUT2D eigenvalue weighted by atomic mass is 32.2. The molecule has 0 bridgehead atoms. The van der Waals surface area contributed by atoms with E-state index in [-0.39, 0.29) is 36.5 Å². The van der Waals surface area contributed by atoms with E-state index in [0.29, 0.717) is 21.8 Å². The molecule has 4 heterocycles. The molecule has 38 heavy (non-hydrogen) atoms. The zero-order valence-corrected chi connectivity index (χ0v) is 22.3. The minimum atomic E-state index is -4.79. The number of alkyl halides is 3. The van der Waals surface area contributed by atoms with Crippen molar-refractivity contribution in [1.82, 2.24) is 24.5 Å². The van der Waals surface area contributed by atoms with Gasteiger partial charge in [-0.1, -0.05) is 26.8 Å². The van der Waals surface area contributed by atoms with E-state index in [1.807, 2.05) is 20.8 Å². The molecule has 1 saturated heterocycles. The van der Waals surface area contributed by atoms with Crippen molar-refractivity contribution >= 4 is 21.4 Å². The lowest BCUT2D eigenvalue weighted by atomic mass is 9.87. The summed E-state index contributed by atoms with van der Waals surface area (Å²) in [5.41, 5.74) is 1.59. The van der Waals surface area contributed by atoms with Gasteiger partial charge in [-0.25, -0.2) is 17.9 Å². The molecule has 1 aliphatic heterocycles. The number of carbonyl (C=O) groups is 1. The van der Waals surface area contributed by atoms with Crippen LogP contribution in [0.5, 0.6) is 0 Å². The zero-order chi connectivity index (χ0) is 28.0. The molecule has 0 aromatic carbocycles. The molecule has 1 aliphatic rings. The second-order valence-electron chi connectivity index (χ2n) is 10.7. The van der Waals surface area contributed by atoms with Gasteiger partial charge in [-0.2, -0.15) is 17.6 Å². The van der Waals surface area contributed by atoms with E-state index in [0.717, 1.165) is 12.6 Å². The number of amides is 1. The summed E-state index contributed by atoms with van der Waals surface area (Å²) in [7, 11) is -2.20. The molecule has 0 saturated carbocycles. The first-order valence-corrected chi connectivity index (χ1v) is 13.9. The predicted molar refractivity (Wildman–Crippen MR) is 132 cm³/mol. The fourth-order valence-corrected chi connectivity index (χ4v) is 6.42. The second kappa shape index (κ2) is 9.90. The van der Waals surface area contributed by atoms with Gasteiger partial charge < -0.3 is 4.90 Å². The molecule has 4 rings (SSSR count). The molecule has 1 atom stereocenters. The Morgan fingerprint density at radius 2 is 1.79 bits per heavy atom. The normalized spacial score (nSPS) is 17.5. The number of hydrogen-bond donors (Lipinski definition) is 0. The molecule has 0 aliphatic carbocycles. The SMILES string of the molecule is CN(C(=O)C1CCS(=O)(=O)CC1)[C@@H](c1ccc(Cc2cnc3cc(F)nn3c2C(C)(C)C)cn1)C(F)(F)F. The Bertz CT molecular complexity index is 1430. The van der Waals surface area contributed by atoms with Crippen molar-refractivity contribution in [1.29, 1.82) is 0 Å². The number of halogens is 4. The van der Waals surface area contributed by atoms with Gasteiger partial charge in [0.25, 0.3) is 0 Å². The first-order chi connectivity index (χ1) is 17.6. The highest BCUT2D eigenvalue weighted by Crippen LogP contribution is 2.38. The molecule has 3 aromatic rings. The minimum Gasteiger partial charge on any atom is -0.328 e. The Hall–Kier alpha value is -3.09. The van der Waals surface area contributed by atoms with Crippen LogP contribution in [0.1, 0.15) is 62.2 Å². The molecular weight excluding hydrogens is 526 g/mol. The lowest BCUT2D eigenvalue weighted by molar-refractivity contribution is -0.191. The smallest absolute Gasteiger partial charge is 0.328 e. The fraction of sp³-hybridized carbons (Fsp3) is 0.520.